The van der Waals surface area contributed by atoms with E-state index in [2.05, 4.69) is 15.4 Å². The van der Waals surface area contributed by atoms with Gasteiger partial charge in [-0.25, -0.2) is 4.79 Å². The van der Waals surface area contributed by atoms with E-state index in [1.165, 1.54) is 13.3 Å². The second-order valence-corrected chi connectivity index (χ2v) is 3.74. The first kappa shape index (κ1) is 15.2. The number of ether oxygens (including phenoxy) is 1. The topological polar surface area (TPSA) is 91.2 Å². The van der Waals surface area contributed by atoms with Crippen LogP contribution in [0.15, 0.2) is 36.0 Å². The lowest BCUT2D eigenvalue weighted by atomic mass is 10.2. The Hall–Kier alpha value is -2.81. The predicted molar refractivity (Wildman–Crippen MR) is 73.8 cm³/mol. The van der Waals surface area contributed by atoms with Gasteiger partial charge in [0.05, 0.1) is 7.11 Å². The minimum absolute atomic E-state index is 0.139. The summed E-state index contributed by atoms with van der Waals surface area (Å²) in [5.41, 5.74) is 1.05. The van der Waals surface area contributed by atoms with Crippen molar-refractivity contribution in [3.05, 3.63) is 41.6 Å². The van der Waals surface area contributed by atoms with Gasteiger partial charge in [0.1, 0.15) is 6.07 Å². The van der Waals surface area contributed by atoms with Crippen molar-refractivity contribution in [3.8, 4) is 6.07 Å². The maximum Gasteiger partial charge on any atom is 0.350 e. The standard InChI is InChI=1S/C14H15N3O3/c1-3-16-13(18)10-4-6-12(7-5-10)17-9-11(8-15)14(19)20-2/h4-7,9,17H,3H2,1-2H3,(H,16,18)/b11-9-. The third-order valence-corrected chi connectivity index (χ3v) is 2.39. The van der Waals surface area contributed by atoms with Crippen LogP contribution in [-0.4, -0.2) is 25.5 Å². The predicted octanol–water partition coefficient (Wildman–Crippen LogP) is 1.43. The molecule has 6 nitrogen and oxygen atoms in total. The fraction of sp³-hybridized carbons (Fsp3) is 0.214. The largest absolute Gasteiger partial charge is 0.465 e. The third-order valence-electron chi connectivity index (χ3n) is 2.39. The molecule has 0 aromatic heterocycles. The van der Waals surface area contributed by atoms with Gasteiger partial charge in [0.15, 0.2) is 5.57 Å². The molecule has 0 atom stereocenters. The highest BCUT2D eigenvalue weighted by Crippen LogP contribution is 2.10. The molecule has 20 heavy (non-hydrogen) atoms. The molecule has 104 valence electrons. The number of nitriles is 1. The molecule has 0 heterocycles. The number of nitrogens with zero attached hydrogens (tertiary/aromatic N) is 1. The van der Waals surface area contributed by atoms with Gasteiger partial charge >= 0.3 is 5.97 Å². The fourth-order valence-corrected chi connectivity index (χ4v) is 1.38. The van der Waals surface area contributed by atoms with Gasteiger partial charge in [-0.15, -0.1) is 0 Å². The average Bonchev–Trinajstić information content (AvgIpc) is 2.48. The lowest BCUT2D eigenvalue weighted by Gasteiger charge is -2.04. The number of amides is 1. The molecule has 0 aliphatic carbocycles. The molecule has 0 spiro atoms. The molecule has 6 heteroatoms. The first-order valence-electron chi connectivity index (χ1n) is 5.95. The zero-order valence-electron chi connectivity index (χ0n) is 11.3. The molecule has 0 saturated heterocycles. The Morgan fingerprint density at radius 3 is 2.50 bits per heavy atom. The van der Waals surface area contributed by atoms with Crippen molar-refractivity contribution in [2.75, 3.05) is 19.0 Å². The van der Waals surface area contributed by atoms with Gasteiger partial charge in [-0.3, -0.25) is 4.79 Å². The fourth-order valence-electron chi connectivity index (χ4n) is 1.38. The molecule has 1 rings (SSSR count). The van der Waals surface area contributed by atoms with Crippen LogP contribution in [0.5, 0.6) is 0 Å². The summed E-state index contributed by atoms with van der Waals surface area (Å²) < 4.78 is 4.45. The number of carbonyl (C=O) groups excluding carboxylic acids is 2. The van der Waals surface area contributed by atoms with Gasteiger partial charge in [0.2, 0.25) is 0 Å². The van der Waals surface area contributed by atoms with Crippen molar-refractivity contribution in [2.24, 2.45) is 0 Å². The highest BCUT2D eigenvalue weighted by atomic mass is 16.5. The number of hydrogen-bond acceptors (Lipinski definition) is 5. The Bertz CT molecular complexity index is 556. The molecule has 1 aromatic rings. The van der Waals surface area contributed by atoms with Gasteiger partial charge in [0, 0.05) is 24.0 Å². The average molecular weight is 273 g/mol. The number of anilines is 1. The Labute approximate surface area is 117 Å². The Morgan fingerprint density at radius 2 is 2.00 bits per heavy atom. The van der Waals surface area contributed by atoms with Crippen molar-refractivity contribution in [3.63, 3.8) is 0 Å². The highest BCUT2D eigenvalue weighted by Gasteiger charge is 2.08. The third kappa shape index (κ3) is 4.14. The second kappa shape index (κ2) is 7.59. The molecule has 2 N–H and O–H groups in total. The summed E-state index contributed by atoms with van der Waals surface area (Å²) in [5, 5.41) is 14.2. The van der Waals surface area contributed by atoms with Crippen LogP contribution in [-0.2, 0) is 9.53 Å². The quantitative estimate of drug-likeness (QED) is 0.481. The van der Waals surface area contributed by atoms with Crippen LogP contribution in [0.25, 0.3) is 0 Å². The maximum atomic E-state index is 11.5. The van der Waals surface area contributed by atoms with Crippen LogP contribution in [0.1, 0.15) is 17.3 Å². The summed E-state index contributed by atoms with van der Waals surface area (Å²) in [6.07, 6.45) is 1.26. The van der Waals surface area contributed by atoms with Gasteiger partial charge in [-0.05, 0) is 31.2 Å². The van der Waals surface area contributed by atoms with Crippen LogP contribution < -0.4 is 10.6 Å². The number of carbonyl (C=O) groups is 2. The molecule has 0 aliphatic heterocycles. The Kier molecular flexibility index (Phi) is 5.78. The van der Waals surface area contributed by atoms with Crippen molar-refractivity contribution in [1.82, 2.24) is 5.32 Å². The van der Waals surface area contributed by atoms with Crippen molar-refractivity contribution in [1.29, 1.82) is 5.26 Å². The number of hydrogen-bond donors (Lipinski definition) is 2. The number of nitrogens with one attached hydrogen (secondary N) is 2. The van der Waals surface area contributed by atoms with E-state index in [1.807, 2.05) is 6.92 Å². The SMILES string of the molecule is CCNC(=O)c1ccc(N/C=C(/C#N)C(=O)OC)cc1. The van der Waals surface area contributed by atoms with Crippen LogP contribution >= 0.6 is 0 Å². The second-order valence-electron chi connectivity index (χ2n) is 3.74. The maximum absolute atomic E-state index is 11.5. The van der Waals surface area contributed by atoms with Crippen molar-refractivity contribution < 1.29 is 14.3 Å². The molecule has 0 unspecified atom stereocenters. The summed E-state index contributed by atoms with van der Waals surface area (Å²) in [4.78, 5) is 22.7. The Morgan fingerprint density at radius 1 is 1.35 bits per heavy atom. The van der Waals surface area contributed by atoms with Gasteiger partial charge < -0.3 is 15.4 Å². The highest BCUT2D eigenvalue weighted by molar-refractivity contribution is 5.94. The minimum atomic E-state index is -0.709. The summed E-state index contributed by atoms with van der Waals surface area (Å²) >= 11 is 0. The van der Waals surface area contributed by atoms with Crippen LogP contribution in [0.2, 0.25) is 0 Å². The summed E-state index contributed by atoms with van der Waals surface area (Å²) in [6, 6.07) is 8.37. The number of benzene rings is 1. The molecule has 1 aromatic carbocycles. The van der Waals surface area contributed by atoms with Gasteiger partial charge in [-0.1, -0.05) is 0 Å². The van der Waals surface area contributed by atoms with E-state index in [1.54, 1.807) is 30.3 Å². The van der Waals surface area contributed by atoms with Gasteiger partial charge in [0.25, 0.3) is 5.91 Å². The molecule has 0 fully saturated rings. The van der Waals surface area contributed by atoms with E-state index in [-0.39, 0.29) is 11.5 Å². The number of rotatable bonds is 5. The van der Waals surface area contributed by atoms with Gasteiger partial charge in [-0.2, -0.15) is 5.26 Å². The molecule has 0 aliphatic rings. The smallest absolute Gasteiger partial charge is 0.350 e. The van der Waals surface area contributed by atoms with E-state index in [0.29, 0.717) is 17.8 Å². The van der Waals surface area contributed by atoms with E-state index in [4.69, 9.17) is 5.26 Å². The summed E-state index contributed by atoms with van der Waals surface area (Å²) in [6.45, 7) is 2.40. The van der Waals surface area contributed by atoms with Crippen LogP contribution in [0.4, 0.5) is 5.69 Å². The lowest BCUT2D eigenvalue weighted by molar-refractivity contribution is -0.135. The van der Waals surface area contributed by atoms with E-state index in [0.717, 1.165) is 0 Å². The van der Waals surface area contributed by atoms with Crippen molar-refractivity contribution in [2.45, 2.75) is 6.92 Å². The Balaban J connectivity index is 2.76. The molecular weight excluding hydrogens is 258 g/mol. The molecule has 0 bridgehead atoms. The van der Waals surface area contributed by atoms with E-state index >= 15 is 0 Å². The summed E-state index contributed by atoms with van der Waals surface area (Å²) in [5.74, 6) is -0.860. The molecule has 0 saturated carbocycles. The first-order chi connectivity index (χ1) is 9.62. The lowest BCUT2D eigenvalue weighted by Crippen LogP contribution is -2.22. The van der Waals surface area contributed by atoms with Crippen LogP contribution in [0, 0.1) is 11.3 Å². The van der Waals surface area contributed by atoms with Crippen molar-refractivity contribution >= 4 is 17.6 Å². The van der Waals surface area contributed by atoms with E-state index < -0.39 is 5.97 Å². The zero-order valence-corrected chi connectivity index (χ0v) is 11.3. The monoisotopic (exact) mass is 273 g/mol. The molecular formula is C14H15N3O3. The molecule has 1 amide bonds. The first-order valence-corrected chi connectivity index (χ1v) is 5.95. The minimum Gasteiger partial charge on any atom is -0.465 e. The van der Waals surface area contributed by atoms with E-state index in [9.17, 15) is 9.59 Å². The molecule has 0 radical (unpaired) electrons. The normalized spacial score (nSPS) is 10.3. The van der Waals surface area contributed by atoms with Crippen LogP contribution in [0.3, 0.4) is 0 Å². The zero-order chi connectivity index (χ0) is 15.0. The number of esters is 1. The number of methoxy groups -OCH3 is 1. The summed E-state index contributed by atoms with van der Waals surface area (Å²) in [7, 11) is 1.20.